The number of hydrogen-bond acceptors (Lipinski definition) is 6. The number of nitrogens with zero attached hydrogens (tertiary/aromatic N) is 4. The largest absolute Gasteiger partial charge is 0.350 e. The first-order valence-electron chi connectivity index (χ1n) is 12.6. The monoisotopic (exact) mass is 584 g/mol. The minimum Gasteiger partial charge on any atom is -0.350 e. The molecule has 4 rings (SSSR count). The predicted molar refractivity (Wildman–Crippen MR) is 145 cm³/mol. The molecule has 3 N–H and O–H groups in total. The van der Waals surface area contributed by atoms with Gasteiger partial charge in [-0.15, -0.1) is 0 Å². The third-order valence-electron chi connectivity index (χ3n) is 7.11. The summed E-state index contributed by atoms with van der Waals surface area (Å²) < 4.78 is 30.0. The molecule has 2 aliphatic rings. The molecule has 1 saturated carbocycles. The van der Waals surface area contributed by atoms with Crippen molar-refractivity contribution in [3.8, 4) is 0 Å². The molecule has 2 heterocycles. The highest BCUT2D eigenvalue weighted by molar-refractivity contribution is 7.89. The van der Waals surface area contributed by atoms with Crippen molar-refractivity contribution in [2.75, 3.05) is 13.1 Å². The second-order valence-electron chi connectivity index (χ2n) is 11.0. The van der Waals surface area contributed by atoms with E-state index in [9.17, 15) is 18.0 Å². The molecule has 0 spiro atoms. The van der Waals surface area contributed by atoms with Crippen molar-refractivity contribution in [1.29, 1.82) is 0 Å². The summed E-state index contributed by atoms with van der Waals surface area (Å²) in [7, 11) is -2.55. The lowest BCUT2D eigenvalue weighted by Gasteiger charge is -2.32. The first-order valence-corrected chi connectivity index (χ1v) is 14.8. The van der Waals surface area contributed by atoms with Crippen LogP contribution in [0.25, 0.3) is 0 Å². The van der Waals surface area contributed by atoms with Gasteiger partial charge in [0.25, 0.3) is 11.8 Å². The molecule has 208 valence electrons. The Balaban J connectivity index is 1.69. The summed E-state index contributed by atoms with van der Waals surface area (Å²) in [5.41, 5.74) is 6.68. The molecule has 1 aromatic carbocycles. The zero-order valence-corrected chi connectivity index (χ0v) is 24.3. The van der Waals surface area contributed by atoms with Crippen molar-refractivity contribution in [2.24, 2.45) is 12.8 Å². The fraction of sp³-hybridized carbons (Fsp3) is 0.560. The van der Waals surface area contributed by atoms with Gasteiger partial charge >= 0.3 is 0 Å². The van der Waals surface area contributed by atoms with Crippen molar-refractivity contribution in [3.63, 3.8) is 0 Å². The molecular weight excluding hydrogens is 551 g/mol. The maximum atomic E-state index is 13.8. The molecule has 13 heteroatoms. The Hall–Kier alpha value is -2.18. The van der Waals surface area contributed by atoms with Crippen molar-refractivity contribution < 1.29 is 18.0 Å². The maximum Gasteiger partial charge on any atom is 0.273 e. The minimum absolute atomic E-state index is 0.0308. The Kier molecular flexibility index (Phi) is 8.17. The Bertz CT molecular complexity index is 1330. The van der Waals surface area contributed by atoms with Crippen molar-refractivity contribution in [1.82, 2.24) is 24.3 Å². The maximum absolute atomic E-state index is 13.8. The quantitative estimate of drug-likeness (QED) is 0.555. The van der Waals surface area contributed by atoms with Gasteiger partial charge in [-0.3, -0.25) is 14.3 Å². The van der Waals surface area contributed by atoms with Crippen LogP contribution < -0.4 is 11.1 Å². The number of amides is 2. The summed E-state index contributed by atoms with van der Waals surface area (Å²) in [5.74, 6) is -1.04. The van der Waals surface area contributed by atoms with Crippen LogP contribution in [0.2, 0.25) is 10.0 Å². The number of rotatable bonds is 5. The average Bonchev–Trinajstić information content (AvgIpc) is 3.46. The normalized spacial score (nSPS) is 23.0. The van der Waals surface area contributed by atoms with Gasteiger partial charge in [0, 0.05) is 37.6 Å². The molecule has 1 aromatic heterocycles. The molecule has 0 radical (unpaired) electrons. The summed E-state index contributed by atoms with van der Waals surface area (Å²) in [6, 6.07) is 5.59. The molecular formula is C25H34Cl2N6O4S. The third-order valence-corrected chi connectivity index (χ3v) is 9.70. The molecule has 2 aromatic rings. The highest BCUT2D eigenvalue weighted by Crippen LogP contribution is 2.31. The zero-order chi connectivity index (χ0) is 28.0. The van der Waals surface area contributed by atoms with E-state index in [0.717, 1.165) is 17.1 Å². The van der Waals surface area contributed by atoms with Crippen LogP contribution in [-0.4, -0.2) is 70.6 Å². The van der Waals surface area contributed by atoms with Crippen LogP contribution in [0.5, 0.6) is 0 Å². The molecule has 2 fully saturated rings. The lowest BCUT2D eigenvalue weighted by molar-refractivity contribution is -0.128. The number of nitrogens with two attached hydrogens (primary N) is 1. The summed E-state index contributed by atoms with van der Waals surface area (Å²) in [6.45, 7) is 5.92. The number of halogens is 2. The van der Waals surface area contributed by atoms with Crippen molar-refractivity contribution in [2.45, 2.75) is 75.0 Å². The van der Waals surface area contributed by atoms with E-state index >= 15 is 0 Å². The van der Waals surface area contributed by atoms with E-state index in [2.05, 4.69) is 10.4 Å². The highest BCUT2D eigenvalue weighted by Gasteiger charge is 2.47. The third kappa shape index (κ3) is 5.72. The molecule has 38 heavy (non-hydrogen) atoms. The number of nitrogens with one attached hydrogen (secondary N) is 1. The van der Waals surface area contributed by atoms with Crippen molar-refractivity contribution >= 4 is 45.0 Å². The number of carbonyl (C=O) groups excluding carboxylic acids is 2. The van der Waals surface area contributed by atoms with E-state index in [-0.39, 0.29) is 51.2 Å². The number of aryl methyl sites for hydroxylation is 1. The van der Waals surface area contributed by atoms with E-state index in [1.165, 1.54) is 27.8 Å². The van der Waals surface area contributed by atoms with E-state index in [4.69, 9.17) is 28.9 Å². The molecule has 10 nitrogen and oxygen atoms in total. The summed E-state index contributed by atoms with van der Waals surface area (Å²) in [6.07, 6.45) is 1.50. The van der Waals surface area contributed by atoms with Gasteiger partial charge in [0.05, 0.1) is 20.6 Å². The Morgan fingerprint density at radius 2 is 1.71 bits per heavy atom. The summed E-state index contributed by atoms with van der Waals surface area (Å²) in [4.78, 5) is 28.6. The molecule has 1 unspecified atom stereocenters. The number of carbonyl (C=O) groups is 2. The Labute approximate surface area is 233 Å². The van der Waals surface area contributed by atoms with Crippen LogP contribution in [0.4, 0.5) is 0 Å². The second kappa shape index (κ2) is 10.8. The standard InChI is InChI=1S/C25H34Cl2N6O4S/c1-25(2,3)21-14-20(31(4)30-21)24(35)32-11-12-33(38(36,37)17-9-10-18(26)19(27)13-17)23(32)22(34)29-16-7-5-15(28)6-8-16/h9-10,13-16,23H,5-8,11-12,28H2,1-4H3,(H,29,34). The summed E-state index contributed by atoms with van der Waals surface area (Å²) >= 11 is 12.1. The smallest absolute Gasteiger partial charge is 0.273 e. The molecule has 0 bridgehead atoms. The average molecular weight is 586 g/mol. The topological polar surface area (TPSA) is 131 Å². The van der Waals surface area contributed by atoms with Crippen molar-refractivity contribution in [3.05, 3.63) is 45.7 Å². The van der Waals surface area contributed by atoms with E-state index in [0.29, 0.717) is 18.5 Å². The number of hydrogen-bond donors (Lipinski definition) is 2. The molecule has 1 aliphatic heterocycles. The lowest BCUT2D eigenvalue weighted by atomic mass is 9.92. The first kappa shape index (κ1) is 28.8. The van der Waals surface area contributed by atoms with Gasteiger partial charge in [0.1, 0.15) is 5.69 Å². The summed E-state index contributed by atoms with van der Waals surface area (Å²) in [5, 5.41) is 7.73. The van der Waals surface area contributed by atoms with E-state index in [1.807, 2.05) is 20.8 Å². The van der Waals surface area contributed by atoms with Crippen LogP contribution in [0, 0.1) is 0 Å². The van der Waals surface area contributed by atoms with Gasteiger partial charge in [0.15, 0.2) is 6.17 Å². The van der Waals surface area contributed by atoms with Gasteiger partial charge in [0.2, 0.25) is 10.0 Å². The minimum atomic E-state index is -4.21. The molecule has 2 amide bonds. The predicted octanol–water partition coefficient (Wildman–Crippen LogP) is 2.88. The second-order valence-corrected chi connectivity index (χ2v) is 13.7. The van der Waals surface area contributed by atoms with Crippen LogP contribution in [0.1, 0.15) is 62.6 Å². The van der Waals surface area contributed by atoms with E-state index < -0.39 is 28.0 Å². The van der Waals surface area contributed by atoms with Crippen LogP contribution in [0.3, 0.4) is 0 Å². The van der Waals surface area contributed by atoms with Crippen LogP contribution >= 0.6 is 23.2 Å². The van der Waals surface area contributed by atoms with Crippen LogP contribution in [0.15, 0.2) is 29.2 Å². The lowest BCUT2D eigenvalue weighted by Crippen LogP contribution is -2.56. The van der Waals surface area contributed by atoms with Gasteiger partial charge < -0.3 is 16.0 Å². The van der Waals surface area contributed by atoms with E-state index in [1.54, 1.807) is 13.1 Å². The number of benzene rings is 1. The van der Waals surface area contributed by atoms with Crippen LogP contribution in [-0.2, 0) is 27.3 Å². The highest BCUT2D eigenvalue weighted by atomic mass is 35.5. The van der Waals surface area contributed by atoms with Gasteiger partial charge in [-0.25, -0.2) is 8.42 Å². The molecule has 1 atom stereocenters. The number of sulfonamides is 1. The van der Waals surface area contributed by atoms with Gasteiger partial charge in [-0.2, -0.15) is 9.40 Å². The Morgan fingerprint density at radius 3 is 2.29 bits per heavy atom. The zero-order valence-electron chi connectivity index (χ0n) is 21.9. The fourth-order valence-corrected chi connectivity index (χ4v) is 6.77. The Morgan fingerprint density at radius 1 is 1.05 bits per heavy atom. The molecule has 1 aliphatic carbocycles. The van der Waals surface area contributed by atoms with Gasteiger partial charge in [-0.1, -0.05) is 44.0 Å². The van der Waals surface area contributed by atoms with Gasteiger partial charge in [-0.05, 0) is 49.9 Å². The SMILES string of the molecule is Cn1nc(C(C)(C)C)cc1C(=O)N1CCN(S(=O)(=O)c2ccc(Cl)c(Cl)c2)C1C(=O)NC1CCC(N)CC1. The molecule has 1 saturated heterocycles. The number of aromatic nitrogens is 2. The first-order chi connectivity index (χ1) is 17.7. The fourth-order valence-electron chi connectivity index (χ4n) is 4.84.